The summed E-state index contributed by atoms with van der Waals surface area (Å²) in [5.74, 6) is -0.336. The van der Waals surface area contributed by atoms with Crippen LogP contribution in [0.3, 0.4) is 0 Å². The van der Waals surface area contributed by atoms with E-state index < -0.39 is 5.41 Å². The molecule has 0 aliphatic carbocycles. The second-order valence-electron chi connectivity index (χ2n) is 3.55. The summed E-state index contributed by atoms with van der Waals surface area (Å²) in [5.41, 5.74) is -0.429. The predicted octanol–water partition coefficient (Wildman–Crippen LogP) is 2.33. The van der Waals surface area contributed by atoms with E-state index in [0.29, 0.717) is 10.2 Å². The Morgan fingerprint density at radius 2 is 2.33 bits per heavy atom. The smallest absolute Gasteiger partial charge is 0.244 e. The summed E-state index contributed by atoms with van der Waals surface area (Å²) in [6.07, 6.45) is 3.15. The molecule has 0 aliphatic rings. The molecule has 0 radical (unpaired) electrons. The molecule has 1 aromatic heterocycles. The van der Waals surface area contributed by atoms with Crippen molar-refractivity contribution in [3.63, 3.8) is 0 Å². The molecule has 1 rings (SSSR count). The third kappa shape index (κ3) is 2.77. The van der Waals surface area contributed by atoms with Gasteiger partial charge in [0.1, 0.15) is 5.41 Å². The number of nitriles is 1. The van der Waals surface area contributed by atoms with E-state index in [1.54, 1.807) is 32.3 Å². The number of hydrogen-bond acceptors (Lipinski definition) is 3. The zero-order chi connectivity index (χ0) is 11.5. The number of nitrogens with zero attached hydrogens (tertiary/aromatic N) is 2. The minimum Gasteiger partial charge on any atom is -0.324 e. The highest BCUT2D eigenvalue weighted by atomic mass is 79.9. The quantitative estimate of drug-likeness (QED) is 0.895. The standard InChI is InChI=1S/C10H10BrN3O/c1-10(2,6-12)9(15)14-8-3-4-13-5-7(8)11/h3-5H,1-2H3,(H,13,14,15). The van der Waals surface area contributed by atoms with E-state index in [2.05, 4.69) is 26.2 Å². The fraction of sp³-hybridized carbons (Fsp3) is 0.300. The van der Waals surface area contributed by atoms with Crippen LogP contribution >= 0.6 is 15.9 Å². The average Bonchev–Trinajstić information content (AvgIpc) is 2.21. The van der Waals surface area contributed by atoms with E-state index in [9.17, 15) is 4.79 Å². The summed E-state index contributed by atoms with van der Waals surface area (Å²) >= 11 is 3.25. The minimum absolute atomic E-state index is 0.336. The van der Waals surface area contributed by atoms with Gasteiger partial charge in [-0.2, -0.15) is 5.26 Å². The van der Waals surface area contributed by atoms with Crippen molar-refractivity contribution >= 4 is 27.5 Å². The normalized spacial score (nSPS) is 10.5. The Morgan fingerprint density at radius 1 is 1.67 bits per heavy atom. The SMILES string of the molecule is CC(C)(C#N)C(=O)Nc1ccncc1Br. The zero-order valence-corrected chi connectivity index (χ0v) is 10.00. The van der Waals surface area contributed by atoms with E-state index in [0.717, 1.165) is 0 Å². The molecule has 4 nitrogen and oxygen atoms in total. The van der Waals surface area contributed by atoms with Gasteiger partial charge in [0.15, 0.2) is 0 Å². The predicted molar refractivity (Wildman–Crippen MR) is 60.0 cm³/mol. The Hall–Kier alpha value is -1.41. The first-order valence-electron chi connectivity index (χ1n) is 4.29. The number of carbonyl (C=O) groups excluding carboxylic acids is 1. The molecule has 78 valence electrons. The maximum absolute atomic E-state index is 11.6. The van der Waals surface area contributed by atoms with Crippen LogP contribution in [0.5, 0.6) is 0 Å². The van der Waals surface area contributed by atoms with E-state index in [-0.39, 0.29) is 5.91 Å². The van der Waals surface area contributed by atoms with Crippen LogP contribution in [0.1, 0.15) is 13.8 Å². The van der Waals surface area contributed by atoms with Crippen molar-refractivity contribution in [2.45, 2.75) is 13.8 Å². The Bertz CT molecular complexity index is 423. The van der Waals surface area contributed by atoms with Crippen LogP contribution < -0.4 is 5.32 Å². The van der Waals surface area contributed by atoms with Crippen molar-refractivity contribution in [2.75, 3.05) is 5.32 Å². The zero-order valence-electron chi connectivity index (χ0n) is 8.41. The van der Waals surface area contributed by atoms with Gasteiger partial charge in [0.2, 0.25) is 5.91 Å². The van der Waals surface area contributed by atoms with Crippen molar-refractivity contribution in [1.82, 2.24) is 4.98 Å². The Kier molecular flexibility index (Phi) is 3.43. The van der Waals surface area contributed by atoms with Gasteiger partial charge in [-0.05, 0) is 35.8 Å². The third-order valence-corrected chi connectivity index (χ3v) is 2.50. The number of aromatic nitrogens is 1. The molecule has 5 heteroatoms. The molecular weight excluding hydrogens is 258 g/mol. The summed E-state index contributed by atoms with van der Waals surface area (Å²) in [6, 6.07) is 3.60. The number of pyridine rings is 1. The molecule has 1 heterocycles. The van der Waals surface area contributed by atoms with E-state index >= 15 is 0 Å². The van der Waals surface area contributed by atoms with Gasteiger partial charge in [0.25, 0.3) is 0 Å². The van der Waals surface area contributed by atoms with Crippen LogP contribution in [0.4, 0.5) is 5.69 Å². The molecule has 0 aromatic carbocycles. The third-order valence-electron chi connectivity index (χ3n) is 1.87. The average molecular weight is 268 g/mol. The number of rotatable bonds is 2. The van der Waals surface area contributed by atoms with E-state index in [4.69, 9.17) is 5.26 Å². The fourth-order valence-corrected chi connectivity index (χ4v) is 1.16. The molecule has 0 atom stereocenters. The summed E-state index contributed by atoms with van der Waals surface area (Å²) in [5, 5.41) is 11.4. The first kappa shape index (κ1) is 11.7. The van der Waals surface area contributed by atoms with E-state index in [1.807, 2.05) is 6.07 Å². The van der Waals surface area contributed by atoms with Gasteiger partial charge in [0.05, 0.1) is 16.2 Å². The number of carbonyl (C=O) groups is 1. The van der Waals surface area contributed by atoms with Gasteiger partial charge in [0, 0.05) is 12.4 Å². The molecule has 0 spiro atoms. The van der Waals surface area contributed by atoms with Crippen molar-refractivity contribution in [3.8, 4) is 6.07 Å². The van der Waals surface area contributed by atoms with Crippen LogP contribution in [-0.2, 0) is 4.79 Å². The molecule has 0 saturated carbocycles. The highest BCUT2D eigenvalue weighted by molar-refractivity contribution is 9.10. The number of hydrogen-bond donors (Lipinski definition) is 1. The molecule has 0 saturated heterocycles. The lowest BCUT2D eigenvalue weighted by Crippen LogP contribution is -2.29. The molecule has 1 N–H and O–H groups in total. The molecule has 0 bridgehead atoms. The topological polar surface area (TPSA) is 65.8 Å². The van der Waals surface area contributed by atoms with Gasteiger partial charge in [-0.25, -0.2) is 0 Å². The van der Waals surface area contributed by atoms with Crippen LogP contribution in [0.2, 0.25) is 0 Å². The van der Waals surface area contributed by atoms with Gasteiger partial charge in [-0.1, -0.05) is 0 Å². The first-order valence-corrected chi connectivity index (χ1v) is 5.09. The Labute approximate surface area is 96.4 Å². The lowest BCUT2D eigenvalue weighted by atomic mass is 9.95. The van der Waals surface area contributed by atoms with Crippen LogP contribution in [-0.4, -0.2) is 10.9 Å². The van der Waals surface area contributed by atoms with Gasteiger partial charge < -0.3 is 5.32 Å². The number of amides is 1. The summed E-state index contributed by atoms with van der Waals surface area (Å²) in [7, 11) is 0. The van der Waals surface area contributed by atoms with E-state index in [1.165, 1.54) is 0 Å². The van der Waals surface area contributed by atoms with Gasteiger partial charge in [-0.15, -0.1) is 0 Å². The minimum atomic E-state index is -1.04. The lowest BCUT2D eigenvalue weighted by Gasteiger charge is -2.15. The molecule has 0 fully saturated rings. The van der Waals surface area contributed by atoms with Crippen LogP contribution in [0.15, 0.2) is 22.9 Å². The number of halogens is 1. The second kappa shape index (κ2) is 4.41. The molecule has 15 heavy (non-hydrogen) atoms. The second-order valence-corrected chi connectivity index (χ2v) is 4.40. The maximum atomic E-state index is 11.6. The first-order chi connectivity index (χ1) is 6.97. The number of anilines is 1. The highest BCUT2D eigenvalue weighted by Crippen LogP contribution is 2.23. The van der Waals surface area contributed by atoms with Crippen molar-refractivity contribution in [3.05, 3.63) is 22.9 Å². The Morgan fingerprint density at radius 3 is 2.87 bits per heavy atom. The molecule has 0 unspecified atom stereocenters. The van der Waals surface area contributed by atoms with Crippen molar-refractivity contribution in [2.24, 2.45) is 5.41 Å². The molecule has 1 aromatic rings. The summed E-state index contributed by atoms with van der Waals surface area (Å²) in [6.45, 7) is 3.13. The van der Waals surface area contributed by atoms with Gasteiger partial charge in [-0.3, -0.25) is 9.78 Å². The maximum Gasteiger partial charge on any atom is 0.244 e. The fourth-order valence-electron chi connectivity index (χ4n) is 0.806. The Balaban J connectivity index is 2.86. The molecule has 0 aliphatic heterocycles. The van der Waals surface area contributed by atoms with Crippen LogP contribution in [0.25, 0.3) is 0 Å². The molecular formula is C10H10BrN3O. The highest BCUT2D eigenvalue weighted by Gasteiger charge is 2.27. The summed E-state index contributed by atoms with van der Waals surface area (Å²) < 4.78 is 0.687. The monoisotopic (exact) mass is 267 g/mol. The molecule has 1 amide bonds. The van der Waals surface area contributed by atoms with Crippen molar-refractivity contribution < 1.29 is 4.79 Å². The van der Waals surface area contributed by atoms with Gasteiger partial charge >= 0.3 is 0 Å². The summed E-state index contributed by atoms with van der Waals surface area (Å²) in [4.78, 5) is 15.5. The van der Waals surface area contributed by atoms with Crippen molar-refractivity contribution in [1.29, 1.82) is 5.26 Å². The largest absolute Gasteiger partial charge is 0.324 e. The van der Waals surface area contributed by atoms with Crippen LogP contribution in [0, 0.1) is 16.7 Å². The number of nitrogens with one attached hydrogen (secondary N) is 1. The lowest BCUT2D eigenvalue weighted by molar-refractivity contribution is -0.121.